The number of aromatic nitrogens is 3. The van der Waals surface area contributed by atoms with Crippen molar-refractivity contribution in [3.8, 4) is 0 Å². The van der Waals surface area contributed by atoms with Crippen LogP contribution in [0.3, 0.4) is 0 Å². The maximum atomic E-state index is 11.4. The van der Waals surface area contributed by atoms with E-state index in [0.717, 1.165) is 12.0 Å². The van der Waals surface area contributed by atoms with Crippen molar-refractivity contribution in [1.82, 2.24) is 14.8 Å². The molecule has 0 amide bonds. The first-order valence-corrected chi connectivity index (χ1v) is 8.28. The normalized spacial score (nSPS) is 19.0. The molecular weight excluding hydrogens is 274 g/mol. The van der Waals surface area contributed by atoms with Crippen LogP contribution in [0.25, 0.3) is 0 Å². The lowest BCUT2D eigenvalue weighted by Crippen LogP contribution is -2.34. The van der Waals surface area contributed by atoms with Crippen LogP contribution in [0.15, 0.2) is 36.9 Å². The summed E-state index contributed by atoms with van der Waals surface area (Å²) in [7, 11) is 0. The summed E-state index contributed by atoms with van der Waals surface area (Å²) in [5, 5.41) is 15.6. The number of aliphatic hydroxyl groups is 1. The zero-order valence-corrected chi connectivity index (χ0v) is 13.3. The van der Waals surface area contributed by atoms with Crippen molar-refractivity contribution in [2.24, 2.45) is 5.92 Å². The zero-order chi connectivity index (χ0) is 15.4. The molecular formula is C18H25N3O. The van der Waals surface area contributed by atoms with Gasteiger partial charge >= 0.3 is 0 Å². The molecule has 22 heavy (non-hydrogen) atoms. The molecule has 0 radical (unpaired) electrons. The summed E-state index contributed by atoms with van der Waals surface area (Å²) in [5.74, 6) is 0.601. The number of hydrogen-bond acceptors (Lipinski definition) is 3. The largest absolute Gasteiger partial charge is 0.383 e. The van der Waals surface area contributed by atoms with Crippen molar-refractivity contribution in [3.05, 3.63) is 48.0 Å². The van der Waals surface area contributed by atoms with Gasteiger partial charge in [0, 0.05) is 0 Å². The molecule has 0 bridgehead atoms. The molecule has 1 N–H and O–H groups in total. The van der Waals surface area contributed by atoms with Crippen LogP contribution in [0.1, 0.15) is 49.7 Å². The van der Waals surface area contributed by atoms with Gasteiger partial charge in [-0.25, -0.2) is 9.67 Å². The van der Waals surface area contributed by atoms with Gasteiger partial charge in [-0.1, -0.05) is 61.9 Å². The van der Waals surface area contributed by atoms with E-state index in [2.05, 4.69) is 41.3 Å². The van der Waals surface area contributed by atoms with Gasteiger partial charge in [-0.3, -0.25) is 0 Å². The Labute approximate surface area is 132 Å². The molecule has 1 aromatic carbocycles. The molecule has 0 spiro atoms. The van der Waals surface area contributed by atoms with Gasteiger partial charge in [0.25, 0.3) is 0 Å². The summed E-state index contributed by atoms with van der Waals surface area (Å²) < 4.78 is 1.74. The first-order chi connectivity index (χ1) is 10.7. The highest BCUT2D eigenvalue weighted by atomic mass is 16.3. The molecule has 4 nitrogen and oxygen atoms in total. The highest BCUT2D eigenvalue weighted by molar-refractivity contribution is 5.26. The molecule has 0 saturated heterocycles. The number of aryl methyl sites for hydroxylation is 1. The SMILES string of the molecule is Cc1ccc(C(O)(CC2CCCCC2)Cn2cncn2)cc1. The molecule has 3 rings (SSSR count). The topological polar surface area (TPSA) is 50.9 Å². The molecule has 1 aliphatic rings. The fourth-order valence-corrected chi connectivity index (χ4v) is 3.59. The van der Waals surface area contributed by atoms with Crippen molar-refractivity contribution in [1.29, 1.82) is 0 Å². The van der Waals surface area contributed by atoms with Crippen molar-refractivity contribution >= 4 is 0 Å². The van der Waals surface area contributed by atoms with Crippen LogP contribution in [-0.4, -0.2) is 19.9 Å². The predicted octanol–water partition coefficient (Wildman–Crippen LogP) is 3.44. The second-order valence-corrected chi connectivity index (χ2v) is 6.70. The maximum Gasteiger partial charge on any atom is 0.137 e. The fourth-order valence-electron chi connectivity index (χ4n) is 3.59. The summed E-state index contributed by atoms with van der Waals surface area (Å²) in [6, 6.07) is 8.25. The lowest BCUT2D eigenvalue weighted by atomic mass is 9.78. The smallest absolute Gasteiger partial charge is 0.137 e. The van der Waals surface area contributed by atoms with Gasteiger partial charge in [0.1, 0.15) is 18.3 Å². The van der Waals surface area contributed by atoms with Gasteiger partial charge in [0.05, 0.1) is 6.54 Å². The van der Waals surface area contributed by atoms with Gasteiger partial charge in [-0.05, 0) is 24.8 Å². The summed E-state index contributed by atoms with van der Waals surface area (Å²) in [6.07, 6.45) is 10.4. The highest BCUT2D eigenvalue weighted by Crippen LogP contribution is 2.36. The molecule has 1 aromatic heterocycles. The third-order valence-electron chi connectivity index (χ3n) is 4.83. The standard InChI is InChI=1S/C18H25N3O/c1-15-7-9-17(10-8-15)18(22,12-21-14-19-13-20-21)11-16-5-3-2-4-6-16/h7-10,13-14,16,22H,2-6,11-12H2,1H3. The van der Waals surface area contributed by atoms with E-state index in [9.17, 15) is 5.11 Å². The molecule has 118 valence electrons. The maximum absolute atomic E-state index is 11.4. The van der Waals surface area contributed by atoms with Crippen LogP contribution in [0.4, 0.5) is 0 Å². The summed E-state index contributed by atoms with van der Waals surface area (Å²) >= 11 is 0. The first-order valence-electron chi connectivity index (χ1n) is 8.28. The Bertz CT molecular complexity index is 573. The van der Waals surface area contributed by atoms with Crippen LogP contribution < -0.4 is 0 Å². The minimum absolute atomic E-state index is 0.465. The third kappa shape index (κ3) is 3.55. The van der Waals surface area contributed by atoms with E-state index < -0.39 is 5.60 Å². The lowest BCUT2D eigenvalue weighted by Gasteiger charge is -2.34. The molecule has 1 unspecified atom stereocenters. The zero-order valence-electron chi connectivity index (χ0n) is 13.3. The van der Waals surface area contributed by atoms with E-state index >= 15 is 0 Å². The molecule has 0 aliphatic heterocycles. The van der Waals surface area contributed by atoms with E-state index in [1.54, 1.807) is 11.0 Å². The monoisotopic (exact) mass is 299 g/mol. The van der Waals surface area contributed by atoms with Gasteiger partial charge < -0.3 is 5.11 Å². The van der Waals surface area contributed by atoms with E-state index in [0.29, 0.717) is 12.5 Å². The Morgan fingerprint density at radius 2 is 1.91 bits per heavy atom. The van der Waals surface area contributed by atoms with Gasteiger partial charge in [0.15, 0.2) is 0 Å². The van der Waals surface area contributed by atoms with Crippen LogP contribution in [0, 0.1) is 12.8 Å². The van der Waals surface area contributed by atoms with Gasteiger partial charge in [-0.15, -0.1) is 0 Å². The van der Waals surface area contributed by atoms with Crippen molar-refractivity contribution < 1.29 is 5.11 Å². The predicted molar refractivity (Wildman–Crippen MR) is 86.3 cm³/mol. The number of rotatable bonds is 5. The van der Waals surface area contributed by atoms with Crippen LogP contribution in [0.5, 0.6) is 0 Å². The van der Waals surface area contributed by atoms with Crippen LogP contribution in [-0.2, 0) is 12.1 Å². The second-order valence-electron chi connectivity index (χ2n) is 6.70. The highest BCUT2D eigenvalue weighted by Gasteiger charge is 2.33. The Kier molecular flexibility index (Phi) is 4.57. The second kappa shape index (κ2) is 6.61. The van der Waals surface area contributed by atoms with Crippen LogP contribution >= 0.6 is 0 Å². The van der Waals surface area contributed by atoms with E-state index in [-0.39, 0.29) is 0 Å². The van der Waals surface area contributed by atoms with Crippen LogP contribution in [0.2, 0.25) is 0 Å². The molecule has 1 aliphatic carbocycles. The van der Waals surface area contributed by atoms with Crippen molar-refractivity contribution in [2.45, 2.75) is 57.6 Å². The Hall–Kier alpha value is -1.68. The molecule has 4 heteroatoms. The average Bonchev–Trinajstić information content (AvgIpc) is 3.01. The van der Waals surface area contributed by atoms with Gasteiger partial charge in [0.2, 0.25) is 0 Å². The first kappa shape index (κ1) is 15.2. The molecule has 1 saturated carbocycles. The Morgan fingerprint density at radius 3 is 2.55 bits per heavy atom. The van der Waals surface area contributed by atoms with Gasteiger partial charge in [-0.2, -0.15) is 5.10 Å². The Morgan fingerprint density at radius 1 is 1.18 bits per heavy atom. The molecule has 1 heterocycles. The average molecular weight is 299 g/mol. The number of nitrogens with zero attached hydrogens (tertiary/aromatic N) is 3. The molecule has 2 aromatic rings. The van der Waals surface area contributed by atoms with E-state index in [4.69, 9.17) is 0 Å². The minimum atomic E-state index is -0.872. The molecule has 1 fully saturated rings. The van der Waals surface area contributed by atoms with Crippen molar-refractivity contribution in [3.63, 3.8) is 0 Å². The number of hydrogen-bond donors (Lipinski definition) is 1. The van der Waals surface area contributed by atoms with E-state index in [1.165, 1.54) is 44.0 Å². The number of benzene rings is 1. The lowest BCUT2D eigenvalue weighted by molar-refractivity contribution is -0.0137. The Balaban J connectivity index is 1.84. The fraction of sp³-hybridized carbons (Fsp3) is 0.556. The molecule has 1 atom stereocenters. The third-order valence-corrected chi connectivity index (χ3v) is 4.83. The van der Waals surface area contributed by atoms with E-state index in [1.807, 2.05) is 0 Å². The minimum Gasteiger partial charge on any atom is -0.383 e. The summed E-state index contributed by atoms with van der Waals surface area (Å²) in [5.41, 5.74) is 1.33. The van der Waals surface area contributed by atoms with Crippen molar-refractivity contribution in [2.75, 3.05) is 0 Å². The summed E-state index contributed by atoms with van der Waals surface area (Å²) in [4.78, 5) is 4.00. The summed E-state index contributed by atoms with van der Waals surface area (Å²) in [6.45, 7) is 2.54. The quantitative estimate of drug-likeness (QED) is 0.920.